The van der Waals surface area contributed by atoms with Gasteiger partial charge in [0.2, 0.25) is 11.8 Å². The second-order valence-corrected chi connectivity index (χ2v) is 6.25. The normalized spacial score (nSPS) is 34.1. The lowest BCUT2D eigenvalue weighted by molar-refractivity contribution is -0.141. The molecule has 3 aliphatic rings. The summed E-state index contributed by atoms with van der Waals surface area (Å²) >= 11 is 0. The highest BCUT2D eigenvalue weighted by Crippen LogP contribution is 2.52. The average molecular weight is 267 g/mol. The van der Waals surface area contributed by atoms with Crippen LogP contribution in [0.25, 0.3) is 0 Å². The van der Waals surface area contributed by atoms with Crippen molar-refractivity contribution >= 4 is 11.8 Å². The number of allylic oxidation sites excluding steroid dienone is 2. The van der Waals surface area contributed by atoms with Crippen molar-refractivity contribution in [2.75, 3.05) is 0 Å². The van der Waals surface area contributed by atoms with Crippen molar-refractivity contribution in [2.45, 2.75) is 19.9 Å². The molecule has 1 aromatic rings. The maximum absolute atomic E-state index is 12.5. The predicted molar refractivity (Wildman–Crippen MR) is 74.5 cm³/mol. The van der Waals surface area contributed by atoms with Gasteiger partial charge in [0, 0.05) is 0 Å². The number of amides is 2. The van der Waals surface area contributed by atoms with E-state index in [1.54, 1.807) is 0 Å². The van der Waals surface area contributed by atoms with Crippen LogP contribution in [0.1, 0.15) is 17.5 Å². The van der Waals surface area contributed by atoms with Crippen LogP contribution >= 0.6 is 0 Å². The number of hydrogen-bond acceptors (Lipinski definition) is 2. The molecule has 4 atom stereocenters. The van der Waals surface area contributed by atoms with Crippen LogP contribution < -0.4 is 0 Å². The Morgan fingerprint density at radius 1 is 1.00 bits per heavy atom. The third-order valence-electron chi connectivity index (χ3n) is 5.02. The third kappa shape index (κ3) is 1.52. The van der Waals surface area contributed by atoms with E-state index in [1.165, 1.54) is 10.5 Å². The molecule has 1 aromatic carbocycles. The van der Waals surface area contributed by atoms with E-state index in [0.717, 1.165) is 12.0 Å². The highest BCUT2D eigenvalue weighted by Gasteiger charge is 2.59. The van der Waals surface area contributed by atoms with Gasteiger partial charge in [-0.15, -0.1) is 0 Å². The molecule has 2 aliphatic carbocycles. The van der Waals surface area contributed by atoms with Gasteiger partial charge >= 0.3 is 0 Å². The molecule has 1 aliphatic heterocycles. The van der Waals surface area contributed by atoms with Gasteiger partial charge in [0.25, 0.3) is 0 Å². The summed E-state index contributed by atoms with van der Waals surface area (Å²) in [6.07, 6.45) is 5.25. The van der Waals surface area contributed by atoms with Gasteiger partial charge in [-0.1, -0.05) is 42.0 Å². The summed E-state index contributed by atoms with van der Waals surface area (Å²) in [7, 11) is 0. The Bertz CT molecular complexity index is 586. The largest absolute Gasteiger partial charge is 0.278 e. The summed E-state index contributed by atoms with van der Waals surface area (Å²) in [4.78, 5) is 26.5. The van der Waals surface area contributed by atoms with Crippen molar-refractivity contribution < 1.29 is 9.59 Å². The maximum Gasteiger partial charge on any atom is 0.234 e. The lowest BCUT2D eigenvalue weighted by Crippen LogP contribution is -2.32. The summed E-state index contributed by atoms with van der Waals surface area (Å²) < 4.78 is 0. The summed E-state index contributed by atoms with van der Waals surface area (Å²) in [6.45, 7) is 2.45. The number of nitrogens with zero attached hydrogens (tertiary/aromatic N) is 1. The maximum atomic E-state index is 12.5. The average Bonchev–Trinajstić information content (AvgIpc) is 3.11. The van der Waals surface area contributed by atoms with Crippen LogP contribution in [0.4, 0.5) is 0 Å². The zero-order valence-electron chi connectivity index (χ0n) is 11.5. The van der Waals surface area contributed by atoms with Crippen LogP contribution in [0.3, 0.4) is 0 Å². The van der Waals surface area contributed by atoms with Crippen molar-refractivity contribution in [3.8, 4) is 0 Å². The monoisotopic (exact) mass is 267 g/mol. The predicted octanol–water partition coefficient (Wildman–Crippen LogP) is 2.30. The van der Waals surface area contributed by atoms with Crippen molar-refractivity contribution in [2.24, 2.45) is 23.7 Å². The fraction of sp³-hybridized carbons (Fsp3) is 0.412. The number of carbonyl (C=O) groups is 2. The van der Waals surface area contributed by atoms with E-state index in [-0.39, 0.29) is 23.7 Å². The van der Waals surface area contributed by atoms with Crippen LogP contribution in [0.2, 0.25) is 0 Å². The molecule has 0 N–H and O–H groups in total. The van der Waals surface area contributed by atoms with Gasteiger partial charge in [-0.05, 0) is 30.7 Å². The molecule has 0 spiro atoms. The Balaban J connectivity index is 1.60. The van der Waals surface area contributed by atoms with E-state index in [9.17, 15) is 9.59 Å². The van der Waals surface area contributed by atoms with Crippen molar-refractivity contribution in [3.63, 3.8) is 0 Å². The molecule has 2 fully saturated rings. The first-order valence-corrected chi connectivity index (χ1v) is 7.24. The number of fused-ring (bicyclic) bond motifs is 5. The van der Waals surface area contributed by atoms with Gasteiger partial charge in [0.05, 0.1) is 18.4 Å². The van der Waals surface area contributed by atoms with Crippen LogP contribution in [-0.4, -0.2) is 16.7 Å². The molecular weight excluding hydrogens is 250 g/mol. The van der Waals surface area contributed by atoms with Crippen LogP contribution in [0, 0.1) is 30.6 Å². The minimum atomic E-state index is -0.0806. The highest BCUT2D eigenvalue weighted by molar-refractivity contribution is 6.06. The van der Waals surface area contributed by atoms with Crippen molar-refractivity contribution in [1.82, 2.24) is 4.90 Å². The Hall–Kier alpha value is -1.90. The van der Waals surface area contributed by atoms with Gasteiger partial charge in [-0.2, -0.15) is 0 Å². The van der Waals surface area contributed by atoms with Crippen LogP contribution in [0.5, 0.6) is 0 Å². The van der Waals surface area contributed by atoms with Crippen molar-refractivity contribution in [3.05, 3.63) is 47.5 Å². The molecule has 0 aromatic heterocycles. The quantitative estimate of drug-likeness (QED) is 0.609. The van der Waals surface area contributed by atoms with E-state index in [0.29, 0.717) is 18.4 Å². The van der Waals surface area contributed by atoms with Gasteiger partial charge < -0.3 is 0 Å². The lowest BCUT2D eigenvalue weighted by atomic mass is 9.85. The fourth-order valence-electron chi connectivity index (χ4n) is 4.00. The Kier molecular flexibility index (Phi) is 2.40. The Labute approximate surface area is 118 Å². The van der Waals surface area contributed by atoms with Gasteiger partial charge in [-0.3, -0.25) is 14.5 Å². The molecule has 20 heavy (non-hydrogen) atoms. The minimum Gasteiger partial charge on any atom is -0.278 e. The topological polar surface area (TPSA) is 37.4 Å². The first-order chi connectivity index (χ1) is 9.65. The molecule has 3 heteroatoms. The summed E-state index contributed by atoms with van der Waals surface area (Å²) in [5, 5.41) is 0. The number of hydrogen-bond donors (Lipinski definition) is 0. The number of carbonyl (C=O) groups excluding carboxylic acids is 2. The molecule has 1 heterocycles. The molecule has 4 rings (SSSR count). The molecule has 3 nitrogen and oxygen atoms in total. The van der Waals surface area contributed by atoms with E-state index >= 15 is 0 Å². The second-order valence-electron chi connectivity index (χ2n) is 6.25. The van der Waals surface area contributed by atoms with Crippen LogP contribution in [0.15, 0.2) is 36.4 Å². The molecule has 1 saturated heterocycles. The van der Waals surface area contributed by atoms with Crippen molar-refractivity contribution in [1.29, 1.82) is 0 Å². The van der Waals surface area contributed by atoms with E-state index < -0.39 is 0 Å². The number of rotatable bonds is 2. The van der Waals surface area contributed by atoms with Gasteiger partial charge in [0.1, 0.15) is 0 Å². The number of aryl methyl sites for hydroxylation is 1. The first-order valence-electron chi connectivity index (χ1n) is 7.24. The summed E-state index contributed by atoms with van der Waals surface area (Å²) in [5.74, 6) is 0.509. The summed E-state index contributed by atoms with van der Waals surface area (Å²) in [6, 6.07) is 8.03. The highest BCUT2D eigenvalue weighted by atomic mass is 16.2. The fourth-order valence-corrected chi connectivity index (χ4v) is 4.00. The lowest BCUT2D eigenvalue weighted by Gasteiger charge is -2.17. The van der Waals surface area contributed by atoms with E-state index in [4.69, 9.17) is 0 Å². The molecular formula is C17H17NO2. The Morgan fingerprint density at radius 3 is 2.10 bits per heavy atom. The standard InChI is InChI=1S/C17H17NO2/c1-10-2-4-11(5-3-10)9-18-16(19)14-12-6-7-13(8-12)15(14)17(18)20/h2-7,12-15H,8-9H2,1H3/t12-,13-,14+,15+/m1/s1. The molecule has 1 saturated carbocycles. The third-order valence-corrected chi connectivity index (χ3v) is 5.02. The number of benzene rings is 1. The SMILES string of the molecule is Cc1ccc(CN2C(=O)[C@@H]3[C@@H](C2=O)[C@@H]2C=C[C@@H]3C2)cc1. The Morgan fingerprint density at radius 2 is 1.55 bits per heavy atom. The minimum absolute atomic E-state index is 0.0393. The smallest absolute Gasteiger partial charge is 0.234 e. The zero-order chi connectivity index (χ0) is 13.9. The van der Waals surface area contributed by atoms with Crippen LogP contribution in [-0.2, 0) is 16.1 Å². The molecule has 0 unspecified atom stereocenters. The number of likely N-dealkylation sites (tertiary alicyclic amines) is 1. The van der Waals surface area contributed by atoms with E-state index in [2.05, 4.69) is 12.2 Å². The first kappa shape index (κ1) is 11.9. The molecule has 0 radical (unpaired) electrons. The molecule has 2 bridgehead atoms. The summed E-state index contributed by atoms with van der Waals surface area (Å²) in [5.41, 5.74) is 2.21. The number of imide groups is 1. The van der Waals surface area contributed by atoms with Gasteiger partial charge in [-0.25, -0.2) is 0 Å². The molecule has 2 amide bonds. The molecule has 102 valence electrons. The zero-order valence-corrected chi connectivity index (χ0v) is 11.5. The van der Waals surface area contributed by atoms with E-state index in [1.807, 2.05) is 31.2 Å². The second kappa shape index (κ2) is 4.05. The van der Waals surface area contributed by atoms with Gasteiger partial charge in [0.15, 0.2) is 0 Å².